The molecule has 3 aromatic rings. The predicted molar refractivity (Wildman–Crippen MR) is 115 cm³/mol. The van der Waals surface area contributed by atoms with Crippen LogP contribution < -0.4 is 5.32 Å². The Balaban J connectivity index is 0.000000178. The number of aryl methyl sites for hydroxylation is 1. The molecule has 6 heteroatoms. The molecule has 5 nitrogen and oxygen atoms in total. The lowest BCUT2D eigenvalue weighted by molar-refractivity contribution is -0.136. The van der Waals surface area contributed by atoms with Crippen LogP contribution in [0.15, 0.2) is 48.5 Å². The van der Waals surface area contributed by atoms with Gasteiger partial charge in [0, 0.05) is 30.2 Å². The van der Waals surface area contributed by atoms with Crippen LogP contribution in [0.4, 0.5) is 4.39 Å². The number of halogens is 1. The SMILES string of the molecule is CNC(=O)C(C)c1ccc(F)cc1.O=C(O)Cc1c2n(c3ccccc13)CCCC2. The number of aromatic nitrogens is 1. The molecule has 1 amide bonds. The monoisotopic (exact) mass is 410 g/mol. The van der Waals surface area contributed by atoms with E-state index in [4.69, 9.17) is 5.11 Å². The molecule has 1 unspecified atom stereocenters. The first-order valence-electron chi connectivity index (χ1n) is 10.2. The van der Waals surface area contributed by atoms with Crippen LogP contribution in [0.3, 0.4) is 0 Å². The van der Waals surface area contributed by atoms with Crippen molar-refractivity contribution in [3.63, 3.8) is 0 Å². The van der Waals surface area contributed by atoms with E-state index in [1.54, 1.807) is 26.1 Å². The van der Waals surface area contributed by atoms with E-state index in [-0.39, 0.29) is 24.1 Å². The summed E-state index contributed by atoms with van der Waals surface area (Å²) in [5.74, 6) is -1.32. The average molecular weight is 410 g/mol. The number of likely N-dealkylation sites (N-methyl/N-ethyl adjacent to an activating group) is 1. The van der Waals surface area contributed by atoms with Gasteiger partial charge >= 0.3 is 5.97 Å². The summed E-state index contributed by atoms with van der Waals surface area (Å²) in [6.45, 7) is 2.81. The highest BCUT2D eigenvalue weighted by molar-refractivity contribution is 5.89. The molecule has 0 aliphatic carbocycles. The first-order chi connectivity index (χ1) is 14.4. The molecule has 0 radical (unpaired) electrons. The number of hydrogen-bond donors (Lipinski definition) is 2. The molecule has 1 aromatic heterocycles. The molecule has 30 heavy (non-hydrogen) atoms. The molecule has 0 saturated heterocycles. The van der Waals surface area contributed by atoms with Crippen molar-refractivity contribution in [2.45, 2.75) is 45.1 Å². The number of carbonyl (C=O) groups is 2. The normalized spacial score (nSPS) is 13.7. The minimum Gasteiger partial charge on any atom is -0.481 e. The van der Waals surface area contributed by atoms with Crippen LogP contribution in [0.2, 0.25) is 0 Å². The van der Waals surface area contributed by atoms with E-state index >= 15 is 0 Å². The van der Waals surface area contributed by atoms with E-state index in [1.807, 2.05) is 18.2 Å². The molecule has 2 heterocycles. The third-order valence-corrected chi connectivity index (χ3v) is 5.58. The minimum atomic E-state index is -0.741. The van der Waals surface area contributed by atoms with Crippen LogP contribution in [0.1, 0.15) is 42.5 Å². The summed E-state index contributed by atoms with van der Waals surface area (Å²) in [6, 6.07) is 14.1. The Morgan fingerprint density at radius 3 is 2.50 bits per heavy atom. The number of para-hydroxylation sites is 1. The number of fused-ring (bicyclic) bond motifs is 3. The first-order valence-corrected chi connectivity index (χ1v) is 10.2. The summed E-state index contributed by atoms with van der Waals surface area (Å²) < 4.78 is 14.8. The van der Waals surface area contributed by atoms with E-state index in [0.717, 1.165) is 29.5 Å². The van der Waals surface area contributed by atoms with Gasteiger partial charge in [0.15, 0.2) is 0 Å². The van der Waals surface area contributed by atoms with Crippen LogP contribution >= 0.6 is 0 Å². The van der Waals surface area contributed by atoms with Gasteiger partial charge in [-0.1, -0.05) is 30.3 Å². The number of nitrogens with zero attached hydrogens (tertiary/aromatic N) is 1. The van der Waals surface area contributed by atoms with Gasteiger partial charge in [0.25, 0.3) is 0 Å². The molecular weight excluding hydrogens is 383 g/mol. The Hall–Kier alpha value is -3.15. The van der Waals surface area contributed by atoms with Gasteiger partial charge in [-0.2, -0.15) is 0 Å². The fourth-order valence-electron chi connectivity index (χ4n) is 4.00. The molecule has 2 N–H and O–H groups in total. The van der Waals surface area contributed by atoms with Crippen LogP contribution in [0.25, 0.3) is 10.9 Å². The first kappa shape index (κ1) is 21.6. The lowest BCUT2D eigenvalue weighted by atomic mass is 10.0. The maximum Gasteiger partial charge on any atom is 0.307 e. The van der Waals surface area contributed by atoms with Crippen molar-refractivity contribution >= 4 is 22.8 Å². The number of carboxylic acid groups (broad SMARTS) is 1. The van der Waals surface area contributed by atoms with Gasteiger partial charge in [-0.3, -0.25) is 9.59 Å². The van der Waals surface area contributed by atoms with Crippen molar-refractivity contribution in [1.29, 1.82) is 0 Å². The van der Waals surface area contributed by atoms with Crippen molar-refractivity contribution in [3.8, 4) is 0 Å². The van der Waals surface area contributed by atoms with Crippen molar-refractivity contribution in [3.05, 3.63) is 71.2 Å². The number of aliphatic carboxylic acids is 1. The fourth-order valence-corrected chi connectivity index (χ4v) is 4.00. The standard InChI is InChI=1S/C14H15NO2.C10H12FNO/c16-14(17)9-11-10-5-1-2-6-12(10)15-8-4-3-7-13(11)15;1-7(10(13)12-2)8-3-5-9(11)6-4-8/h1-2,5-6H,3-4,7-9H2,(H,16,17);3-7H,1-2H3,(H,12,13). The molecule has 4 rings (SSSR count). The Kier molecular flexibility index (Phi) is 6.87. The zero-order valence-corrected chi connectivity index (χ0v) is 17.3. The van der Waals surface area contributed by atoms with Gasteiger partial charge in [-0.25, -0.2) is 4.39 Å². The molecule has 0 bridgehead atoms. The molecule has 1 aliphatic heterocycles. The second-order valence-electron chi connectivity index (χ2n) is 7.51. The quantitative estimate of drug-likeness (QED) is 0.674. The van der Waals surface area contributed by atoms with Crippen molar-refractivity contribution < 1.29 is 19.1 Å². The molecule has 1 atom stereocenters. The van der Waals surface area contributed by atoms with Gasteiger partial charge in [0.05, 0.1) is 12.3 Å². The average Bonchev–Trinajstić information content (AvgIpc) is 3.07. The summed E-state index contributed by atoms with van der Waals surface area (Å²) >= 11 is 0. The highest BCUT2D eigenvalue weighted by Crippen LogP contribution is 2.31. The number of carboxylic acids is 1. The van der Waals surface area contributed by atoms with Crippen LogP contribution in [-0.4, -0.2) is 28.6 Å². The fraction of sp³-hybridized carbons (Fsp3) is 0.333. The van der Waals surface area contributed by atoms with Crippen LogP contribution in [-0.2, 0) is 29.0 Å². The third-order valence-electron chi connectivity index (χ3n) is 5.58. The maximum absolute atomic E-state index is 12.5. The Labute approximate surface area is 175 Å². The molecule has 2 aromatic carbocycles. The highest BCUT2D eigenvalue weighted by atomic mass is 19.1. The summed E-state index contributed by atoms with van der Waals surface area (Å²) in [4.78, 5) is 22.2. The summed E-state index contributed by atoms with van der Waals surface area (Å²) in [6.07, 6.45) is 3.52. The number of hydrogen-bond acceptors (Lipinski definition) is 2. The zero-order chi connectivity index (χ0) is 21.7. The number of rotatable bonds is 4. The Morgan fingerprint density at radius 1 is 1.13 bits per heavy atom. The lowest BCUT2D eigenvalue weighted by Crippen LogP contribution is -2.23. The van der Waals surface area contributed by atoms with Crippen molar-refractivity contribution in [2.24, 2.45) is 0 Å². The molecule has 1 aliphatic rings. The maximum atomic E-state index is 12.5. The molecular formula is C24H27FN2O3. The van der Waals surface area contributed by atoms with Gasteiger partial charge in [0.2, 0.25) is 5.91 Å². The minimum absolute atomic E-state index is 0.0633. The number of carbonyl (C=O) groups excluding carboxylic acids is 1. The number of nitrogens with one attached hydrogen (secondary N) is 1. The van der Waals surface area contributed by atoms with E-state index in [2.05, 4.69) is 16.0 Å². The molecule has 0 saturated carbocycles. The molecule has 158 valence electrons. The Bertz CT molecular complexity index is 1040. The third kappa shape index (κ3) is 4.70. The van der Waals surface area contributed by atoms with E-state index in [1.165, 1.54) is 36.2 Å². The summed E-state index contributed by atoms with van der Waals surface area (Å²) in [5.41, 5.74) is 4.27. The van der Waals surface area contributed by atoms with E-state index in [9.17, 15) is 14.0 Å². The Morgan fingerprint density at radius 2 is 1.83 bits per heavy atom. The predicted octanol–water partition coefficient (Wildman–Crippen LogP) is 4.28. The second kappa shape index (κ2) is 9.57. The smallest absolute Gasteiger partial charge is 0.307 e. The summed E-state index contributed by atoms with van der Waals surface area (Å²) in [7, 11) is 1.59. The van der Waals surface area contributed by atoms with Crippen LogP contribution in [0, 0.1) is 5.82 Å². The second-order valence-corrected chi connectivity index (χ2v) is 7.51. The van der Waals surface area contributed by atoms with Gasteiger partial charge in [-0.05, 0) is 55.5 Å². The van der Waals surface area contributed by atoms with Crippen molar-refractivity contribution in [1.82, 2.24) is 9.88 Å². The largest absolute Gasteiger partial charge is 0.481 e. The van der Waals surface area contributed by atoms with E-state index < -0.39 is 5.97 Å². The lowest BCUT2D eigenvalue weighted by Gasteiger charge is -2.16. The number of benzene rings is 2. The van der Waals surface area contributed by atoms with Gasteiger partial charge in [0.1, 0.15) is 5.82 Å². The topological polar surface area (TPSA) is 71.3 Å². The van der Waals surface area contributed by atoms with E-state index in [0.29, 0.717) is 0 Å². The number of amides is 1. The van der Waals surface area contributed by atoms with Gasteiger partial charge in [-0.15, -0.1) is 0 Å². The van der Waals surface area contributed by atoms with Crippen LogP contribution in [0.5, 0.6) is 0 Å². The summed E-state index contributed by atoms with van der Waals surface area (Å²) in [5, 5.41) is 12.7. The van der Waals surface area contributed by atoms with Gasteiger partial charge < -0.3 is 15.0 Å². The zero-order valence-electron chi connectivity index (χ0n) is 17.3. The molecule has 0 fully saturated rings. The highest BCUT2D eigenvalue weighted by Gasteiger charge is 2.20. The van der Waals surface area contributed by atoms with Crippen molar-refractivity contribution in [2.75, 3.05) is 7.05 Å². The molecule has 0 spiro atoms.